The van der Waals surface area contributed by atoms with Gasteiger partial charge < -0.3 is 20.2 Å². The lowest BCUT2D eigenvalue weighted by Gasteiger charge is -2.26. The number of carboxylic acids is 1. The van der Waals surface area contributed by atoms with Crippen molar-refractivity contribution in [2.24, 2.45) is 0 Å². The number of nitrogens with zero attached hydrogens (tertiary/aromatic N) is 4. The number of carboxylic acid groups (broad SMARTS) is 1. The monoisotopic (exact) mass is 465 g/mol. The molecular weight excluding hydrogens is 442 g/mol. The summed E-state index contributed by atoms with van der Waals surface area (Å²) in [6, 6.07) is 15.7. The van der Waals surface area contributed by atoms with Gasteiger partial charge in [-0.15, -0.1) is 10.2 Å². The number of anilines is 3. The Labute approximate surface area is 196 Å². The highest BCUT2D eigenvalue weighted by molar-refractivity contribution is 6.29. The summed E-state index contributed by atoms with van der Waals surface area (Å²) >= 11 is 5.86. The topological polar surface area (TPSA) is 98.7 Å². The van der Waals surface area contributed by atoms with Gasteiger partial charge in [-0.05, 0) is 55.8 Å². The van der Waals surface area contributed by atoms with Gasteiger partial charge in [0.2, 0.25) is 0 Å². The fraction of sp³-hybridized carbons (Fsp3) is 0.250. The van der Waals surface area contributed by atoms with Crippen molar-refractivity contribution in [3.05, 3.63) is 76.4 Å². The number of aromatic carboxylic acids is 1. The number of aromatic nitrogens is 2. The maximum absolute atomic E-state index is 12.9. The Hall–Kier alpha value is -3.65. The standard InChI is InChI=1S/C24H24ClN5O3/c1-16-4-2-5-17(14-16)23(31)26-19-15-18(24(32)33)6-7-20(19)29-10-3-11-30(13-12-29)22-9-8-21(25)27-28-22/h2,4-9,14-15H,3,10-13H2,1H3,(H,26,31)(H,32,33). The second kappa shape index (κ2) is 9.87. The molecule has 0 aliphatic carbocycles. The minimum Gasteiger partial charge on any atom is -0.478 e. The molecule has 33 heavy (non-hydrogen) atoms. The van der Waals surface area contributed by atoms with Crippen LogP contribution < -0.4 is 15.1 Å². The van der Waals surface area contributed by atoms with Gasteiger partial charge in [0.1, 0.15) is 0 Å². The second-order valence-electron chi connectivity index (χ2n) is 7.90. The van der Waals surface area contributed by atoms with Gasteiger partial charge >= 0.3 is 5.97 Å². The van der Waals surface area contributed by atoms with Gasteiger partial charge in [0.25, 0.3) is 5.91 Å². The Morgan fingerprint density at radius 1 is 0.939 bits per heavy atom. The van der Waals surface area contributed by atoms with Crippen LogP contribution in [0.25, 0.3) is 0 Å². The first-order chi connectivity index (χ1) is 15.9. The van der Waals surface area contributed by atoms with E-state index in [-0.39, 0.29) is 11.5 Å². The molecule has 2 aromatic carbocycles. The SMILES string of the molecule is Cc1cccc(C(=O)Nc2cc(C(=O)O)ccc2N2CCCN(c3ccc(Cl)nn3)CC2)c1. The quantitative estimate of drug-likeness (QED) is 0.585. The summed E-state index contributed by atoms with van der Waals surface area (Å²) in [5.74, 6) is -0.568. The molecule has 0 bridgehead atoms. The molecule has 9 heteroatoms. The fourth-order valence-electron chi connectivity index (χ4n) is 3.89. The number of nitrogens with one attached hydrogen (secondary N) is 1. The minimum atomic E-state index is -1.05. The Morgan fingerprint density at radius 2 is 1.73 bits per heavy atom. The average Bonchev–Trinajstić information content (AvgIpc) is 3.06. The third kappa shape index (κ3) is 5.40. The molecule has 1 saturated heterocycles. The van der Waals surface area contributed by atoms with Crippen LogP contribution in [0.3, 0.4) is 0 Å². The van der Waals surface area contributed by atoms with E-state index in [0.717, 1.165) is 36.6 Å². The summed E-state index contributed by atoms with van der Waals surface area (Å²) < 4.78 is 0. The number of benzene rings is 2. The number of hydrogen-bond donors (Lipinski definition) is 2. The van der Waals surface area contributed by atoms with Crippen LogP contribution in [0, 0.1) is 6.92 Å². The Kier molecular flexibility index (Phi) is 6.74. The highest BCUT2D eigenvalue weighted by atomic mass is 35.5. The number of halogens is 1. The van der Waals surface area contributed by atoms with E-state index in [2.05, 4.69) is 25.3 Å². The molecule has 1 amide bonds. The molecule has 4 rings (SSSR count). The van der Waals surface area contributed by atoms with Crippen molar-refractivity contribution in [1.29, 1.82) is 0 Å². The zero-order chi connectivity index (χ0) is 23.4. The van der Waals surface area contributed by atoms with Crippen molar-refractivity contribution in [2.45, 2.75) is 13.3 Å². The van der Waals surface area contributed by atoms with Crippen molar-refractivity contribution in [1.82, 2.24) is 10.2 Å². The molecule has 0 spiro atoms. The van der Waals surface area contributed by atoms with Crippen molar-refractivity contribution < 1.29 is 14.7 Å². The van der Waals surface area contributed by atoms with E-state index in [1.165, 1.54) is 6.07 Å². The molecule has 8 nitrogen and oxygen atoms in total. The number of carbonyl (C=O) groups excluding carboxylic acids is 1. The maximum atomic E-state index is 12.9. The van der Waals surface area contributed by atoms with Crippen LogP contribution in [-0.4, -0.2) is 53.4 Å². The molecule has 2 heterocycles. The van der Waals surface area contributed by atoms with Gasteiger partial charge in [-0.2, -0.15) is 0 Å². The number of amides is 1. The van der Waals surface area contributed by atoms with Crippen LogP contribution in [0.2, 0.25) is 5.15 Å². The van der Waals surface area contributed by atoms with Crippen LogP contribution in [-0.2, 0) is 0 Å². The van der Waals surface area contributed by atoms with Crippen LogP contribution in [0.4, 0.5) is 17.2 Å². The van der Waals surface area contributed by atoms with Crippen molar-refractivity contribution in [2.75, 3.05) is 41.3 Å². The van der Waals surface area contributed by atoms with Gasteiger partial charge in [0.15, 0.2) is 11.0 Å². The first-order valence-corrected chi connectivity index (χ1v) is 11.0. The number of carbonyl (C=O) groups is 2. The number of hydrogen-bond acceptors (Lipinski definition) is 6. The molecule has 1 aromatic heterocycles. The molecule has 0 unspecified atom stereocenters. The third-order valence-electron chi connectivity index (χ3n) is 5.55. The highest BCUT2D eigenvalue weighted by Gasteiger charge is 2.21. The second-order valence-corrected chi connectivity index (χ2v) is 8.29. The molecule has 1 aliphatic rings. The average molecular weight is 466 g/mol. The van der Waals surface area contributed by atoms with Crippen molar-refractivity contribution in [3.8, 4) is 0 Å². The molecule has 0 saturated carbocycles. The molecule has 1 fully saturated rings. The van der Waals surface area contributed by atoms with Crippen LogP contribution in [0.1, 0.15) is 32.7 Å². The molecule has 0 atom stereocenters. The van der Waals surface area contributed by atoms with Gasteiger partial charge in [-0.1, -0.05) is 29.3 Å². The maximum Gasteiger partial charge on any atom is 0.335 e. The number of rotatable bonds is 5. The molecular formula is C24H24ClN5O3. The Balaban J connectivity index is 1.58. The summed E-state index contributed by atoms with van der Waals surface area (Å²) in [6.45, 7) is 4.83. The van der Waals surface area contributed by atoms with Gasteiger partial charge in [-0.3, -0.25) is 4.79 Å². The van der Waals surface area contributed by atoms with Crippen molar-refractivity contribution >= 4 is 40.7 Å². The molecule has 1 aliphatic heterocycles. The van der Waals surface area contributed by atoms with Crippen molar-refractivity contribution in [3.63, 3.8) is 0 Å². The summed E-state index contributed by atoms with van der Waals surface area (Å²) in [7, 11) is 0. The van der Waals surface area contributed by atoms with E-state index in [0.29, 0.717) is 29.5 Å². The number of aryl methyl sites for hydroxylation is 1. The molecule has 2 N–H and O–H groups in total. The van der Waals surface area contributed by atoms with E-state index in [4.69, 9.17) is 11.6 Å². The fourth-order valence-corrected chi connectivity index (χ4v) is 3.99. The van der Waals surface area contributed by atoms with E-state index >= 15 is 0 Å². The predicted molar refractivity (Wildman–Crippen MR) is 129 cm³/mol. The smallest absolute Gasteiger partial charge is 0.335 e. The lowest BCUT2D eigenvalue weighted by molar-refractivity contribution is 0.0696. The Morgan fingerprint density at radius 3 is 2.45 bits per heavy atom. The van der Waals surface area contributed by atoms with Gasteiger partial charge in [0, 0.05) is 31.7 Å². The van der Waals surface area contributed by atoms with E-state index < -0.39 is 5.97 Å². The predicted octanol–water partition coefficient (Wildman–Crippen LogP) is 4.11. The summed E-state index contributed by atoms with van der Waals surface area (Å²) in [5.41, 5.74) is 2.86. The summed E-state index contributed by atoms with van der Waals surface area (Å²) in [5, 5.41) is 20.8. The zero-order valence-corrected chi connectivity index (χ0v) is 18.9. The van der Waals surface area contributed by atoms with Gasteiger partial charge in [-0.25, -0.2) is 4.79 Å². The van der Waals surface area contributed by atoms with Crippen LogP contribution in [0.5, 0.6) is 0 Å². The largest absolute Gasteiger partial charge is 0.478 e. The molecule has 3 aromatic rings. The first-order valence-electron chi connectivity index (χ1n) is 10.7. The zero-order valence-electron chi connectivity index (χ0n) is 18.2. The molecule has 0 radical (unpaired) electrons. The minimum absolute atomic E-state index is 0.117. The van der Waals surface area contributed by atoms with E-state index in [9.17, 15) is 14.7 Å². The summed E-state index contributed by atoms with van der Waals surface area (Å²) in [6.07, 6.45) is 0.857. The molecule has 170 valence electrons. The van der Waals surface area contributed by atoms with Crippen LogP contribution in [0.15, 0.2) is 54.6 Å². The van der Waals surface area contributed by atoms with E-state index in [1.54, 1.807) is 30.3 Å². The van der Waals surface area contributed by atoms with E-state index in [1.807, 2.05) is 25.1 Å². The van der Waals surface area contributed by atoms with Gasteiger partial charge in [0.05, 0.1) is 16.9 Å². The van der Waals surface area contributed by atoms with Crippen LogP contribution >= 0.6 is 11.6 Å². The third-order valence-corrected chi connectivity index (χ3v) is 5.75. The first kappa shape index (κ1) is 22.5. The lowest BCUT2D eigenvalue weighted by Crippen LogP contribution is -2.32. The Bertz CT molecular complexity index is 1170. The highest BCUT2D eigenvalue weighted by Crippen LogP contribution is 2.29. The summed E-state index contributed by atoms with van der Waals surface area (Å²) in [4.78, 5) is 28.8. The normalized spacial score (nSPS) is 14.0. The lowest BCUT2D eigenvalue weighted by atomic mass is 10.1.